The molecule has 82 valence electrons. The zero-order valence-electron chi connectivity index (χ0n) is 9.63. The second kappa shape index (κ2) is 3.84. The van der Waals surface area contributed by atoms with Gasteiger partial charge < -0.3 is 5.11 Å². The van der Waals surface area contributed by atoms with Gasteiger partial charge in [-0.25, -0.2) is 0 Å². The molecular formula is C13H24O. The van der Waals surface area contributed by atoms with Crippen LogP contribution in [0, 0.1) is 17.8 Å². The fourth-order valence-corrected chi connectivity index (χ4v) is 3.53. The van der Waals surface area contributed by atoms with Crippen LogP contribution in [0.15, 0.2) is 0 Å². The molecule has 2 aliphatic rings. The van der Waals surface area contributed by atoms with E-state index in [1.807, 2.05) is 0 Å². The molecule has 0 aromatic rings. The molecule has 0 saturated heterocycles. The van der Waals surface area contributed by atoms with Crippen molar-refractivity contribution in [3.63, 3.8) is 0 Å². The lowest BCUT2D eigenvalue weighted by molar-refractivity contribution is -0.166. The van der Waals surface area contributed by atoms with E-state index in [0.29, 0.717) is 11.8 Å². The zero-order chi connectivity index (χ0) is 10.2. The maximum Gasteiger partial charge on any atom is 0.0706 e. The first kappa shape index (κ1) is 10.5. The van der Waals surface area contributed by atoms with Gasteiger partial charge >= 0.3 is 0 Å². The summed E-state index contributed by atoms with van der Waals surface area (Å²) in [7, 11) is 0. The molecule has 2 saturated carbocycles. The number of aliphatic hydroxyl groups is 1. The first-order chi connectivity index (χ1) is 6.64. The summed E-state index contributed by atoms with van der Waals surface area (Å²) in [6.45, 7) is 4.51. The molecule has 1 nitrogen and oxygen atoms in total. The summed E-state index contributed by atoms with van der Waals surface area (Å²) < 4.78 is 0. The monoisotopic (exact) mass is 196 g/mol. The Morgan fingerprint density at radius 1 is 1.00 bits per heavy atom. The smallest absolute Gasteiger partial charge is 0.0706 e. The van der Waals surface area contributed by atoms with Crippen molar-refractivity contribution in [2.75, 3.05) is 0 Å². The quantitative estimate of drug-likeness (QED) is 0.638. The molecule has 1 N–H and O–H groups in total. The van der Waals surface area contributed by atoms with Crippen LogP contribution < -0.4 is 0 Å². The first-order valence-electron chi connectivity index (χ1n) is 6.37. The van der Waals surface area contributed by atoms with Crippen molar-refractivity contribution in [1.82, 2.24) is 0 Å². The van der Waals surface area contributed by atoms with Crippen LogP contribution in [0.1, 0.15) is 58.8 Å². The van der Waals surface area contributed by atoms with Crippen LogP contribution in [0.3, 0.4) is 0 Å². The summed E-state index contributed by atoms with van der Waals surface area (Å²) in [6, 6.07) is 0. The van der Waals surface area contributed by atoms with Crippen molar-refractivity contribution >= 4 is 0 Å². The lowest BCUT2D eigenvalue weighted by atomic mass is 9.56. The molecule has 0 aromatic heterocycles. The minimum Gasteiger partial charge on any atom is -0.389 e. The summed E-state index contributed by atoms with van der Waals surface area (Å²) in [5, 5.41) is 10.6. The highest BCUT2D eigenvalue weighted by atomic mass is 16.3. The van der Waals surface area contributed by atoms with E-state index in [1.54, 1.807) is 0 Å². The highest BCUT2D eigenvalue weighted by molar-refractivity contribution is 5.02. The third-order valence-electron chi connectivity index (χ3n) is 4.85. The predicted molar refractivity (Wildman–Crippen MR) is 59.1 cm³/mol. The number of rotatable bonds is 1. The Kier molecular flexibility index (Phi) is 2.88. The first-order valence-corrected chi connectivity index (χ1v) is 6.37. The highest BCUT2D eigenvalue weighted by Gasteiger charge is 2.52. The van der Waals surface area contributed by atoms with E-state index in [0.717, 1.165) is 12.3 Å². The van der Waals surface area contributed by atoms with Crippen molar-refractivity contribution in [2.45, 2.75) is 64.4 Å². The summed E-state index contributed by atoms with van der Waals surface area (Å²) in [5.74, 6) is 1.88. The van der Waals surface area contributed by atoms with Crippen LogP contribution in [0.4, 0.5) is 0 Å². The van der Waals surface area contributed by atoms with E-state index in [1.165, 1.54) is 38.5 Å². The fourth-order valence-electron chi connectivity index (χ4n) is 3.53. The average molecular weight is 196 g/mol. The topological polar surface area (TPSA) is 20.2 Å². The lowest BCUT2D eigenvalue weighted by Crippen LogP contribution is -2.56. The van der Waals surface area contributed by atoms with E-state index >= 15 is 0 Å². The molecule has 0 aromatic carbocycles. The Bertz CT molecular complexity index is 193. The minimum absolute atomic E-state index is 0.288. The van der Waals surface area contributed by atoms with Gasteiger partial charge in [-0.05, 0) is 37.0 Å². The normalized spacial score (nSPS) is 45.6. The van der Waals surface area contributed by atoms with E-state index in [9.17, 15) is 5.11 Å². The van der Waals surface area contributed by atoms with Crippen molar-refractivity contribution in [3.8, 4) is 0 Å². The average Bonchev–Trinajstić information content (AvgIpc) is 2.45. The Labute approximate surface area is 87.9 Å². The molecule has 14 heavy (non-hydrogen) atoms. The molecule has 2 fully saturated rings. The van der Waals surface area contributed by atoms with Gasteiger partial charge in [0.25, 0.3) is 0 Å². The van der Waals surface area contributed by atoms with Crippen molar-refractivity contribution in [1.29, 1.82) is 0 Å². The van der Waals surface area contributed by atoms with Gasteiger partial charge in [-0.3, -0.25) is 0 Å². The molecule has 2 aliphatic carbocycles. The van der Waals surface area contributed by atoms with Gasteiger partial charge in [-0.1, -0.05) is 39.5 Å². The van der Waals surface area contributed by atoms with E-state index in [-0.39, 0.29) is 5.60 Å². The SMILES string of the molecule is CC1CC(O)(C2CCCCCC2)C1C. The molecule has 0 heterocycles. The molecule has 2 rings (SSSR count). The van der Waals surface area contributed by atoms with Gasteiger partial charge in [0.1, 0.15) is 0 Å². The van der Waals surface area contributed by atoms with Crippen LogP contribution >= 0.6 is 0 Å². The molecule has 3 unspecified atom stereocenters. The molecule has 0 aliphatic heterocycles. The largest absolute Gasteiger partial charge is 0.389 e. The molecule has 0 amide bonds. The van der Waals surface area contributed by atoms with Gasteiger partial charge in [0.05, 0.1) is 5.60 Å². The number of hydrogen-bond acceptors (Lipinski definition) is 1. The van der Waals surface area contributed by atoms with Crippen LogP contribution in [-0.4, -0.2) is 10.7 Å². The van der Waals surface area contributed by atoms with Gasteiger partial charge in [0.15, 0.2) is 0 Å². The number of hydrogen-bond donors (Lipinski definition) is 1. The Hall–Kier alpha value is -0.0400. The summed E-state index contributed by atoms with van der Waals surface area (Å²) >= 11 is 0. The van der Waals surface area contributed by atoms with Crippen LogP contribution in [-0.2, 0) is 0 Å². The Morgan fingerprint density at radius 3 is 2.00 bits per heavy atom. The predicted octanol–water partition coefficient (Wildman–Crippen LogP) is 3.36. The van der Waals surface area contributed by atoms with E-state index < -0.39 is 0 Å². The minimum atomic E-state index is -0.288. The molecule has 0 bridgehead atoms. The van der Waals surface area contributed by atoms with E-state index in [2.05, 4.69) is 13.8 Å². The third-order valence-corrected chi connectivity index (χ3v) is 4.85. The maximum atomic E-state index is 10.6. The Balaban J connectivity index is 1.99. The fraction of sp³-hybridized carbons (Fsp3) is 1.00. The summed E-state index contributed by atoms with van der Waals surface area (Å²) in [6.07, 6.45) is 9.05. The third kappa shape index (κ3) is 1.60. The second-order valence-electron chi connectivity index (χ2n) is 5.65. The van der Waals surface area contributed by atoms with Crippen LogP contribution in [0.2, 0.25) is 0 Å². The zero-order valence-corrected chi connectivity index (χ0v) is 9.63. The lowest BCUT2D eigenvalue weighted by Gasteiger charge is -2.53. The molecule has 0 spiro atoms. The molecule has 0 radical (unpaired) electrons. The summed E-state index contributed by atoms with van der Waals surface area (Å²) in [5.41, 5.74) is -0.288. The maximum absolute atomic E-state index is 10.6. The molecule has 3 atom stereocenters. The van der Waals surface area contributed by atoms with Crippen molar-refractivity contribution in [3.05, 3.63) is 0 Å². The Morgan fingerprint density at radius 2 is 1.57 bits per heavy atom. The molecule has 1 heteroatoms. The van der Waals surface area contributed by atoms with E-state index in [4.69, 9.17) is 0 Å². The van der Waals surface area contributed by atoms with Gasteiger partial charge in [-0.2, -0.15) is 0 Å². The molecular weight excluding hydrogens is 172 g/mol. The standard InChI is InChI=1S/C13H24O/c1-10-9-13(14,11(10)2)12-7-5-3-4-6-8-12/h10-12,14H,3-9H2,1-2H3. The highest BCUT2D eigenvalue weighted by Crippen LogP contribution is 2.51. The second-order valence-corrected chi connectivity index (χ2v) is 5.65. The van der Waals surface area contributed by atoms with Gasteiger partial charge in [0, 0.05) is 0 Å². The summed E-state index contributed by atoms with van der Waals surface area (Å²) in [4.78, 5) is 0. The van der Waals surface area contributed by atoms with Gasteiger partial charge in [-0.15, -0.1) is 0 Å². The van der Waals surface area contributed by atoms with Crippen LogP contribution in [0.5, 0.6) is 0 Å². The van der Waals surface area contributed by atoms with Crippen molar-refractivity contribution < 1.29 is 5.11 Å². The van der Waals surface area contributed by atoms with Gasteiger partial charge in [0.2, 0.25) is 0 Å². The van der Waals surface area contributed by atoms with Crippen LogP contribution in [0.25, 0.3) is 0 Å². The van der Waals surface area contributed by atoms with Crippen molar-refractivity contribution in [2.24, 2.45) is 17.8 Å².